The Hall–Kier alpha value is -2.45. The lowest BCUT2D eigenvalue weighted by Gasteiger charge is -2.36. The third-order valence-electron chi connectivity index (χ3n) is 6.78. The van der Waals surface area contributed by atoms with E-state index in [9.17, 15) is 19.5 Å². The highest BCUT2D eigenvalue weighted by molar-refractivity contribution is 6.39. The molecule has 1 aliphatic rings. The van der Waals surface area contributed by atoms with E-state index in [1.54, 1.807) is 6.20 Å². The van der Waals surface area contributed by atoms with E-state index in [-0.39, 0.29) is 57.1 Å². The maximum Gasteiger partial charge on any atom is 0.303 e. The smallest absolute Gasteiger partial charge is 0.303 e. The van der Waals surface area contributed by atoms with Crippen molar-refractivity contribution in [3.05, 3.63) is 45.5 Å². The van der Waals surface area contributed by atoms with Crippen molar-refractivity contribution >= 4 is 40.9 Å². The van der Waals surface area contributed by atoms with Crippen molar-refractivity contribution in [1.82, 2.24) is 19.7 Å². The molecule has 0 unspecified atom stereocenters. The minimum atomic E-state index is -0.776. The molecule has 1 fully saturated rings. The zero-order valence-corrected chi connectivity index (χ0v) is 23.0. The Bertz CT molecular complexity index is 1130. The molecule has 36 heavy (non-hydrogen) atoms. The van der Waals surface area contributed by atoms with Crippen molar-refractivity contribution in [2.45, 2.75) is 72.8 Å². The van der Waals surface area contributed by atoms with Gasteiger partial charge in [0.2, 0.25) is 0 Å². The Kier molecular flexibility index (Phi) is 8.51. The van der Waals surface area contributed by atoms with Gasteiger partial charge in [-0.2, -0.15) is 5.10 Å². The largest absolute Gasteiger partial charge is 0.481 e. The van der Waals surface area contributed by atoms with E-state index in [1.165, 1.54) is 17.3 Å². The summed E-state index contributed by atoms with van der Waals surface area (Å²) in [5.41, 5.74) is 0.848. The molecule has 2 aromatic rings. The molecule has 1 N–H and O–H groups in total. The Morgan fingerprint density at radius 1 is 1.14 bits per heavy atom. The average molecular weight is 537 g/mol. The van der Waals surface area contributed by atoms with Gasteiger partial charge in [-0.15, -0.1) is 0 Å². The van der Waals surface area contributed by atoms with Crippen molar-refractivity contribution < 1.29 is 19.5 Å². The van der Waals surface area contributed by atoms with Crippen molar-refractivity contribution in [1.29, 1.82) is 0 Å². The minimum absolute atomic E-state index is 0.0977. The molecule has 1 saturated carbocycles. The summed E-state index contributed by atoms with van der Waals surface area (Å²) in [6, 6.07) is 0.0977. The van der Waals surface area contributed by atoms with Gasteiger partial charge in [0.25, 0.3) is 5.91 Å². The molecule has 0 bridgehead atoms. The first-order chi connectivity index (χ1) is 16.7. The highest BCUT2D eigenvalue weighted by atomic mass is 35.5. The molecular weight excluding hydrogens is 503 g/mol. The van der Waals surface area contributed by atoms with Crippen LogP contribution in [-0.2, 0) is 4.79 Å². The first kappa shape index (κ1) is 28.1. The number of nitrogens with zero attached hydrogens (tertiary/aromatic N) is 4. The molecule has 10 heteroatoms. The van der Waals surface area contributed by atoms with Gasteiger partial charge in [0.15, 0.2) is 5.78 Å². The van der Waals surface area contributed by atoms with Crippen molar-refractivity contribution in [2.24, 2.45) is 10.8 Å². The van der Waals surface area contributed by atoms with Crippen LogP contribution in [0.4, 0.5) is 0 Å². The molecular formula is C26H34Cl2N4O4. The third kappa shape index (κ3) is 6.65. The fourth-order valence-corrected chi connectivity index (χ4v) is 5.54. The Balaban J connectivity index is 1.82. The number of carboxylic acids is 1. The fourth-order valence-electron chi connectivity index (χ4n) is 4.96. The number of aliphatic carboxylic acids is 1. The summed E-state index contributed by atoms with van der Waals surface area (Å²) in [4.78, 5) is 43.5. The maximum atomic E-state index is 13.7. The predicted molar refractivity (Wildman–Crippen MR) is 139 cm³/mol. The first-order valence-corrected chi connectivity index (χ1v) is 12.8. The van der Waals surface area contributed by atoms with Crippen molar-refractivity contribution in [2.75, 3.05) is 13.1 Å². The van der Waals surface area contributed by atoms with Gasteiger partial charge in [0, 0.05) is 24.6 Å². The van der Waals surface area contributed by atoms with E-state index in [0.29, 0.717) is 12.1 Å². The number of ketones is 1. The second-order valence-electron chi connectivity index (χ2n) is 11.3. The Morgan fingerprint density at radius 3 is 2.25 bits per heavy atom. The highest BCUT2D eigenvalue weighted by Gasteiger charge is 2.35. The lowest BCUT2D eigenvalue weighted by atomic mass is 9.72. The van der Waals surface area contributed by atoms with Crippen LogP contribution in [0.2, 0.25) is 10.0 Å². The molecule has 0 aliphatic heterocycles. The van der Waals surface area contributed by atoms with Crippen molar-refractivity contribution in [3.8, 4) is 0 Å². The minimum Gasteiger partial charge on any atom is -0.481 e. The van der Waals surface area contributed by atoms with Crippen LogP contribution in [0.15, 0.2) is 18.6 Å². The molecule has 1 aliphatic carbocycles. The fraction of sp³-hybridized carbons (Fsp3) is 0.577. The molecule has 1 amide bonds. The molecule has 0 radical (unpaired) electrons. The number of aromatic nitrogens is 3. The third-order valence-corrected chi connectivity index (χ3v) is 7.35. The van der Waals surface area contributed by atoms with Gasteiger partial charge in [-0.05, 0) is 43.4 Å². The van der Waals surface area contributed by atoms with Crippen LogP contribution < -0.4 is 0 Å². The van der Waals surface area contributed by atoms with Crippen LogP contribution in [0.3, 0.4) is 0 Å². The molecule has 3 rings (SSSR count). The van der Waals surface area contributed by atoms with Gasteiger partial charge in [-0.3, -0.25) is 24.0 Å². The molecule has 196 valence electrons. The van der Waals surface area contributed by atoms with Gasteiger partial charge in [0.05, 0.1) is 46.4 Å². The van der Waals surface area contributed by atoms with Crippen LogP contribution >= 0.6 is 23.2 Å². The zero-order chi connectivity index (χ0) is 26.8. The van der Waals surface area contributed by atoms with Gasteiger partial charge in [-0.1, -0.05) is 50.9 Å². The second kappa shape index (κ2) is 10.9. The van der Waals surface area contributed by atoms with E-state index < -0.39 is 5.97 Å². The van der Waals surface area contributed by atoms with E-state index in [4.69, 9.17) is 23.2 Å². The first-order valence-electron chi connectivity index (χ1n) is 12.1. The molecule has 2 heterocycles. The predicted octanol–water partition coefficient (Wildman–Crippen LogP) is 5.86. The number of hydrogen-bond donors (Lipinski definition) is 1. The van der Waals surface area contributed by atoms with Crippen LogP contribution in [-0.4, -0.2) is 55.5 Å². The number of carboxylic acid groups (broad SMARTS) is 1. The lowest BCUT2D eigenvalue weighted by molar-refractivity contribution is -0.140. The molecule has 0 atom stereocenters. The summed E-state index contributed by atoms with van der Waals surface area (Å²) in [7, 11) is 0. The average Bonchev–Trinajstić information content (AvgIpc) is 3.12. The normalized spacial score (nSPS) is 20.2. The number of pyridine rings is 1. The topological polar surface area (TPSA) is 105 Å². The number of carbonyl (C=O) groups excluding carboxylic acids is 2. The Morgan fingerprint density at radius 2 is 1.72 bits per heavy atom. The SMILES string of the molecule is Cc1c(C(=O)N(CC(=O)c2c(Cl)cncc2Cl)CC(C)(C)C)cnn1C1CCC(C)(CC(=O)O)CC1. The lowest BCUT2D eigenvalue weighted by Crippen LogP contribution is -2.41. The molecule has 8 nitrogen and oxygen atoms in total. The number of rotatable bonds is 8. The summed E-state index contributed by atoms with van der Waals surface area (Å²) in [5, 5.41) is 14.0. The zero-order valence-electron chi connectivity index (χ0n) is 21.5. The van der Waals surface area contributed by atoms with Gasteiger partial charge in [0.1, 0.15) is 0 Å². The van der Waals surface area contributed by atoms with E-state index in [2.05, 4.69) is 10.1 Å². The summed E-state index contributed by atoms with van der Waals surface area (Å²) in [6.07, 6.45) is 7.59. The number of hydrogen-bond acceptors (Lipinski definition) is 5. The second-order valence-corrected chi connectivity index (χ2v) is 12.1. The van der Waals surface area contributed by atoms with E-state index in [1.807, 2.05) is 39.3 Å². The maximum absolute atomic E-state index is 13.7. The van der Waals surface area contributed by atoms with Crippen LogP contribution in [0.5, 0.6) is 0 Å². The van der Waals surface area contributed by atoms with Crippen LogP contribution in [0, 0.1) is 17.8 Å². The number of carbonyl (C=O) groups is 3. The number of amides is 1. The number of halogens is 2. The van der Waals surface area contributed by atoms with Crippen LogP contribution in [0.1, 0.15) is 92.3 Å². The highest BCUT2D eigenvalue weighted by Crippen LogP contribution is 2.43. The monoisotopic (exact) mass is 536 g/mol. The van der Waals surface area contributed by atoms with E-state index >= 15 is 0 Å². The summed E-state index contributed by atoms with van der Waals surface area (Å²) >= 11 is 12.4. The standard InChI is InChI=1S/C26H34Cl2N4O4/c1-16-18(11-30-32(16)17-6-8-26(5,9-7-17)10-22(34)35)24(36)31(15-25(2,3)4)14-21(33)23-19(27)12-29-13-20(23)28/h11-13,17H,6-10,14-15H2,1-5H3,(H,34,35). The Labute approximate surface area is 222 Å². The summed E-state index contributed by atoms with van der Waals surface area (Å²) < 4.78 is 1.88. The molecule has 0 aromatic carbocycles. The van der Waals surface area contributed by atoms with Crippen LogP contribution in [0.25, 0.3) is 0 Å². The van der Waals surface area contributed by atoms with Gasteiger partial charge in [-0.25, -0.2) is 0 Å². The molecule has 0 saturated heterocycles. The molecule has 2 aromatic heterocycles. The van der Waals surface area contributed by atoms with Gasteiger partial charge >= 0.3 is 5.97 Å². The quantitative estimate of drug-likeness (QED) is 0.423. The van der Waals surface area contributed by atoms with E-state index in [0.717, 1.165) is 31.4 Å². The van der Waals surface area contributed by atoms with Gasteiger partial charge < -0.3 is 10.0 Å². The summed E-state index contributed by atoms with van der Waals surface area (Å²) in [5.74, 6) is -1.42. The summed E-state index contributed by atoms with van der Waals surface area (Å²) in [6.45, 7) is 10.0. The van der Waals surface area contributed by atoms with Crippen molar-refractivity contribution in [3.63, 3.8) is 0 Å². The molecule has 0 spiro atoms. The number of Topliss-reactive ketones (excluding diaryl/α,β-unsaturated/α-hetero) is 1.